The molecule has 16 heavy (non-hydrogen) atoms. The number of hydrogen-bond donors (Lipinski definition) is 2. The quantitative estimate of drug-likeness (QED) is 0.339. The second kappa shape index (κ2) is 3.14. The second-order valence-corrected chi connectivity index (χ2v) is 3.88. The number of fused-ring (bicyclic) bond motifs is 3. The van der Waals surface area contributed by atoms with E-state index < -0.39 is 0 Å². The molecule has 0 bridgehead atoms. The van der Waals surface area contributed by atoms with Gasteiger partial charge in [-0.15, -0.1) is 0 Å². The lowest BCUT2D eigenvalue weighted by Gasteiger charge is -2.07. The summed E-state index contributed by atoms with van der Waals surface area (Å²) in [7, 11) is 0. The smallest absolute Gasteiger partial charge is 0.139 e. The number of nitrogen functional groups attached to an aromatic ring is 1. The molecule has 0 atom stereocenters. The lowest BCUT2D eigenvalue weighted by Crippen LogP contribution is -1.88. The Morgan fingerprint density at radius 1 is 0.812 bits per heavy atom. The molecule has 3 aromatic rings. The average molecular weight is 209 g/mol. The molecule has 3 N–H and O–H groups in total. The zero-order valence-electron chi connectivity index (χ0n) is 8.64. The van der Waals surface area contributed by atoms with Crippen LogP contribution in [-0.4, -0.2) is 5.11 Å². The van der Waals surface area contributed by atoms with Crippen LogP contribution in [-0.2, 0) is 0 Å². The fourth-order valence-corrected chi connectivity index (χ4v) is 2.11. The van der Waals surface area contributed by atoms with E-state index in [1.54, 1.807) is 6.07 Å². The van der Waals surface area contributed by atoms with Gasteiger partial charge in [-0.2, -0.15) is 0 Å². The first-order chi connectivity index (χ1) is 7.77. The molecule has 2 nitrogen and oxygen atoms in total. The number of hydrogen-bond acceptors (Lipinski definition) is 2. The molecule has 0 radical (unpaired) electrons. The Hall–Kier alpha value is -2.22. The van der Waals surface area contributed by atoms with Gasteiger partial charge in [0.25, 0.3) is 0 Å². The van der Waals surface area contributed by atoms with Gasteiger partial charge in [0.15, 0.2) is 0 Å². The molecule has 0 aliphatic heterocycles. The maximum Gasteiger partial charge on any atom is 0.139 e. The van der Waals surface area contributed by atoms with E-state index in [2.05, 4.69) is 6.07 Å². The van der Waals surface area contributed by atoms with Crippen LogP contribution in [0.15, 0.2) is 48.5 Å². The third-order valence-electron chi connectivity index (χ3n) is 2.93. The summed E-state index contributed by atoms with van der Waals surface area (Å²) in [5, 5.41) is 13.8. The van der Waals surface area contributed by atoms with E-state index in [0.717, 1.165) is 21.5 Å². The maximum absolute atomic E-state index is 9.65. The van der Waals surface area contributed by atoms with Crippen molar-refractivity contribution < 1.29 is 5.11 Å². The Balaban J connectivity index is 2.63. The van der Waals surface area contributed by atoms with Gasteiger partial charge < -0.3 is 10.8 Å². The number of anilines is 1. The highest BCUT2D eigenvalue weighted by atomic mass is 16.3. The van der Waals surface area contributed by atoms with Crippen LogP contribution < -0.4 is 5.73 Å². The minimum Gasteiger partial charge on any atom is -0.506 e. The highest BCUT2D eigenvalue weighted by Crippen LogP contribution is 2.34. The van der Waals surface area contributed by atoms with Gasteiger partial charge in [-0.05, 0) is 22.2 Å². The van der Waals surface area contributed by atoms with Crippen molar-refractivity contribution in [1.82, 2.24) is 0 Å². The van der Waals surface area contributed by atoms with Crippen LogP contribution in [0.2, 0.25) is 0 Å². The van der Waals surface area contributed by atoms with Crippen molar-refractivity contribution >= 4 is 27.2 Å². The van der Waals surface area contributed by atoms with Crippen LogP contribution >= 0.6 is 0 Å². The first kappa shape index (κ1) is 9.04. The summed E-state index contributed by atoms with van der Waals surface area (Å²) < 4.78 is 0. The Morgan fingerprint density at radius 3 is 2.38 bits per heavy atom. The van der Waals surface area contributed by atoms with Gasteiger partial charge in [-0.25, -0.2) is 0 Å². The van der Waals surface area contributed by atoms with Gasteiger partial charge in [-0.3, -0.25) is 0 Å². The van der Waals surface area contributed by atoms with Crippen molar-refractivity contribution in [3.8, 4) is 5.75 Å². The molecule has 0 aromatic heterocycles. The fourth-order valence-electron chi connectivity index (χ4n) is 2.11. The lowest BCUT2D eigenvalue weighted by atomic mass is 10.0. The van der Waals surface area contributed by atoms with Crippen molar-refractivity contribution in [3.05, 3.63) is 48.5 Å². The molecule has 0 heterocycles. The zero-order valence-corrected chi connectivity index (χ0v) is 8.64. The number of rotatable bonds is 0. The Bertz CT molecular complexity index is 689. The first-order valence-corrected chi connectivity index (χ1v) is 5.16. The molecule has 0 unspecified atom stereocenters. The Morgan fingerprint density at radius 2 is 1.50 bits per heavy atom. The van der Waals surface area contributed by atoms with Crippen molar-refractivity contribution in [2.45, 2.75) is 0 Å². The molecule has 2 heteroatoms. The second-order valence-electron chi connectivity index (χ2n) is 3.88. The molecule has 0 spiro atoms. The van der Waals surface area contributed by atoms with Crippen molar-refractivity contribution in [1.29, 1.82) is 0 Å². The van der Waals surface area contributed by atoms with Crippen LogP contribution in [0.4, 0.5) is 5.69 Å². The van der Waals surface area contributed by atoms with Crippen LogP contribution in [0.3, 0.4) is 0 Å². The van der Waals surface area contributed by atoms with Crippen molar-refractivity contribution in [2.75, 3.05) is 5.73 Å². The van der Waals surface area contributed by atoms with Crippen molar-refractivity contribution in [2.24, 2.45) is 0 Å². The largest absolute Gasteiger partial charge is 0.506 e. The van der Waals surface area contributed by atoms with Gasteiger partial charge in [0, 0.05) is 5.39 Å². The average Bonchev–Trinajstić information content (AvgIpc) is 2.33. The molecular weight excluding hydrogens is 198 g/mol. The topological polar surface area (TPSA) is 46.2 Å². The summed E-state index contributed by atoms with van der Waals surface area (Å²) in [5.74, 6) is 0.142. The molecule has 3 rings (SSSR count). The molecule has 0 aliphatic carbocycles. The minimum atomic E-state index is 0.142. The van der Waals surface area contributed by atoms with E-state index >= 15 is 0 Å². The predicted molar refractivity (Wildman–Crippen MR) is 67.5 cm³/mol. The van der Waals surface area contributed by atoms with Gasteiger partial charge in [-0.1, -0.05) is 42.5 Å². The highest BCUT2D eigenvalue weighted by molar-refractivity contribution is 6.14. The summed E-state index contributed by atoms with van der Waals surface area (Å²) >= 11 is 0. The third kappa shape index (κ3) is 1.13. The molecule has 3 aromatic carbocycles. The minimum absolute atomic E-state index is 0.142. The number of phenolic OH excluding ortho intramolecular Hbond substituents is 1. The highest BCUT2D eigenvalue weighted by Gasteiger charge is 2.06. The number of benzene rings is 3. The maximum atomic E-state index is 9.65. The molecule has 0 saturated carbocycles. The normalized spacial score (nSPS) is 11.0. The fraction of sp³-hybridized carbons (Fsp3) is 0. The van der Waals surface area contributed by atoms with Gasteiger partial charge >= 0.3 is 0 Å². The molecule has 78 valence electrons. The Kier molecular flexibility index (Phi) is 1.77. The van der Waals surface area contributed by atoms with Gasteiger partial charge in [0.2, 0.25) is 0 Å². The zero-order chi connectivity index (χ0) is 11.1. The van der Waals surface area contributed by atoms with E-state index in [4.69, 9.17) is 5.73 Å². The van der Waals surface area contributed by atoms with Gasteiger partial charge in [0.1, 0.15) is 5.75 Å². The Labute approximate surface area is 92.9 Å². The number of aromatic hydroxyl groups is 1. The molecule has 0 amide bonds. The summed E-state index contributed by atoms with van der Waals surface area (Å²) in [5.41, 5.74) is 6.39. The monoisotopic (exact) mass is 209 g/mol. The molecule has 0 aliphatic rings. The third-order valence-corrected chi connectivity index (χ3v) is 2.93. The summed E-state index contributed by atoms with van der Waals surface area (Å²) in [6.45, 7) is 0. The predicted octanol–water partition coefficient (Wildman–Crippen LogP) is 3.28. The number of phenols is 1. The van der Waals surface area contributed by atoms with Crippen LogP contribution in [0, 0.1) is 0 Å². The molecular formula is C14H11NO. The van der Waals surface area contributed by atoms with Crippen LogP contribution in [0.5, 0.6) is 5.75 Å². The summed E-state index contributed by atoms with van der Waals surface area (Å²) in [6.07, 6.45) is 0. The van der Waals surface area contributed by atoms with E-state index in [0.29, 0.717) is 5.69 Å². The molecule has 0 fully saturated rings. The lowest BCUT2D eigenvalue weighted by molar-refractivity contribution is 0.479. The van der Waals surface area contributed by atoms with E-state index in [1.165, 1.54) is 0 Å². The van der Waals surface area contributed by atoms with Crippen LogP contribution in [0.1, 0.15) is 0 Å². The van der Waals surface area contributed by atoms with Crippen molar-refractivity contribution in [3.63, 3.8) is 0 Å². The summed E-state index contributed by atoms with van der Waals surface area (Å²) in [4.78, 5) is 0. The number of nitrogens with two attached hydrogens (primary N) is 1. The van der Waals surface area contributed by atoms with E-state index in [9.17, 15) is 5.11 Å². The summed E-state index contributed by atoms with van der Waals surface area (Å²) in [6, 6.07) is 15.6. The van der Waals surface area contributed by atoms with Crippen LogP contribution in [0.25, 0.3) is 21.5 Å². The van der Waals surface area contributed by atoms with Gasteiger partial charge in [0.05, 0.1) is 5.69 Å². The molecule has 0 saturated heterocycles. The van der Waals surface area contributed by atoms with E-state index in [-0.39, 0.29) is 5.75 Å². The first-order valence-electron chi connectivity index (χ1n) is 5.16. The van der Waals surface area contributed by atoms with E-state index in [1.807, 2.05) is 36.4 Å². The SMILES string of the molecule is Nc1c(O)ccc2ccc3ccccc3c12. The standard InChI is InChI=1S/C14H11NO/c15-14-12(16)8-7-10-6-5-9-3-1-2-4-11(9)13(10)14/h1-8,16H,15H2.